The van der Waals surface area contributed by atoms with E-state index in [1.807, 2.05) is 0 Å². The van der Waals surface area contributed by atoms with Gasteiger partial charge in [0.15, 0.2) is 0 Å². The van der Waals surface area contributed by atoms with Crippen LogP contribution in [0.4, 0.5) is 0 Å². The van der Waals surface area contributed by atoms with Crippen LogP contribution in [-0.2, 0) is 4.79 Å². The van der Waals surface area contributed by atoms with Crippen LogP contribution in [0.1, 0.15) is 52.9 Å². The van der Waals surface area contributed by atoms with Crippen molar-refractivity contribution in [3.8, 4) is 0 Å². The Balaban J connectivity index is 2.66. The first-order chi connectivity index (χ1) is 7.10. The zero-order valence-electron chi connectivity index (χ0n) is 10.4. The summed E-state index contributed by atoms with van der Waals surface area (Å²) >= 11 is 0. The smallest absolute Gasteiger partial charge is 0.140 e. The van der Waals surface area contributed by atoms with Gasteiger partial charge < -0.3 is 5.32 Å². The maximum absolute atomic E-state index is 12.3. The van der Waals surface area contributed by atoms with Gasteiger partial charge in [-0.15, -0.1) is 0 Å². The third-order valence-electron chi connectivity index (χ3n) is 3.39. The lowest BCUT2D eigenvalue weighted by molar-refractivity contribution is -0.131. The van der Waals surface area contributed by atoms with Crippen molar-refractivity contribution in [1.82, 2.24) is 5.32 Å². The molecule has 1 rings (SSSR count). The van der Waals surface area contributed by atoms with E-state index in [9.17, 15) is 4.79 Å². The molecule has 1 unspecified atom stereocenters. The highest BCUT2D eigenvalue weighted by Gasteiger charge is 2.37. The van der Waals surface area contributed by atoms with Crippen LogP contribution in [-0.4, -0.2) is 18.9 Å². The van der Waals surface area contributed by atoms with Crippen molar-refractivity contribution in [1.29, 1.82) is 0 Å². The molecule has 1 heterocycles. The Morgan fingerprint density at radius 3 is 2.67 bits per heavy atom. The van der Waals surface area contributed by atoms with Crippen LogP contribution in [0.5, 0.6) is 0 Å². The number of rotatable bonds is 5. The van der Waals surface area contributed by atoms with Crippen molar-refractivity contribution >= 4 is 5.78 Å². The molecular formula is C13H25NO. The second kappa shape index (κ2) is 5.64. The fraction of sp³-hybridized carbons (Fsp3) is 0.923. The van der Waals surface area contributed by atoms with E-state index in [1.165, 1.54) is 0 Å². The lowest BCUT2D eigenvalue weighted by Gasteiger charge is -2.36. The van der Waals surface area contributed by atoms with Crippen molar-refractivity contribution in [2.75, 3.05) is 13.1 Å². The number of carbonyl (C=O) groups excluding carboxylic acids is 1. The lowest BCUT2D eigenvalue weighted by atomic mass is 9.71. The molecule has 1 aliphatic rings. The Morgan fingerprint density at radius 1 is 1.47 bits per heavy atom. The summed E-state index contributed by atoms with van der Waals surface area (Å²) in [5.41, 5.74) is -0.0305. The van der Waals surface area contributed by atoms with Crippen molar-refractivity contribution in [3.63, 3.8) is 0 Å². The van der Waals surface area contributed by atoms with E-state index in [0.717, 1.165) is 45.2 Å². The molecule has 15 heavy (non-hydrogen) atoms. The van der Waals surface area contributed by atoms with Crippen LogP contribution in [0, 0.1) is 11.3 Å². The largest absolute Gasteiger partial charge is 0.316 e. The molecule has 1 saturated heterocycles. The molecule has 0 radical (unpaired) electrons. The van der Waals surface area contributed by atoms with Gasteiger partial charge in [0, 0.05) is 18.4 Å². The van der Waals surface area contributed by atoms with E-state index in [-0.39, 0.29) is 5.41 Å². The fourth-order valence-corrected chi connectivity index (χ4v) is 2.62. The molecule has 0 aromatic rings. The average Bonchev–Trinajstić information content (AvgIpc) is 2.18. The van der Waals surface area contributed by atoms with Crippen LogP contribution in [0.25, 0.3) is 0 Å². The minimum absolute atomic E-state index is 0.0305. The molecule has 0 bridgehead atoms. The Kier molecular flexibility index (Phi) is 4.78. The van der Waals surface area contributed by atoms with Gasteiger partial charge in [-0.1, -0.05) is 27.2 Å². The van der Waals surface area contributed by atoms with Gasteiger partial charge in [0.2, 0.25) is 0 Å². The van der Waals surface area contributed by atoms with Gasteiger partial charge in [0.1, 0.15) is 5.78 Å². The predicted molar refractivity (Wildman–Crippen MR) is 63.9 cm³/mol. The molecule has 0 aliphatic carbocycles. The number of Topliss-reactive ketones (excluding diaryl/α,β-unsaturated/α-hetero) is 1. The normalized spacial score (nSPS) is 26.9. The third kappa shape index (κ3) is 3.30. The van der Waals surface area contributed by atoms with Crippen LogP contribution in [0.3, 0.4) is 0 Å². The summed E-state index contributed by atoms with van der Waals surface area (Å²) in [6.07, 6.45) is 5.18. The fourth-order valence-electron chi connectivity index (χ4n) is 2.62. The molecule has 0 amide bonds. The van der Waals surface area contributed by atoms with Gasteiger partial charge in [-0.2, -0.15) is 0 Å². The molecular weight excluding hydrogens is 186 g/mol. The zero-order valence-corrected chi connectivity index (χ0v) is 10.4. The van der Waals surface area contributed by atoms with Crippen LogP contribution in [0.2, 0.25) is 0 Å². The average molecular weight is 211 g/mol. The number of piperidine rings is 1. The highest BCUT2D eigenvalue weighted by molar-refractivity contribution is 5.85. The summed E-state index contributed by atoms with van der Waals surface area (Å²) in [7, 11) is 0. The number of hydrogen-bond donors (Lipinski definition) is 1. The molecule has 2 nitrogen and oxygen atoms in total. The number of nitrogens with one attached hydrogen (secondary N) is 1. The monoisotopic (exact) mass is 211 g/mol. The standard InChI is InChI=1S/C13H25NO/c1-4-6-13(7-5-8-14-10-13)12(15)9-11(2)3/h11,14H,4-10H2,1-3H3. The molecule has 1 N–H and O–H groups in total. The first kappa shape index (κ1) is 12.7. The molecule has 0 spiro atoms. The first-order valence-corrected chi connectivity index (χ1v) is 6.35. The number of carbonyl (C=O) groups is 1. The van der Waals surface area contributed by atoms with Crippen LogP contribution >= 0.6 is 0 Å². The van der Waals surface area contributed by atoms with Crippen molar-refractivity contribution in [3.05, 3.63) is 0 Å². The van der Waals surface area contributed by atoms with E-state index in [0.29, 0.717) is 11.7 Å². The molecule has 1 aliphatic heterocycles. The predicted octanol–water partition coefficient (Wildman–Crippen LogP) is 2.77. The van der Waals surface area contributed by atoms with Gasteiger partial charge in [0.25, 0.3) is 0 Å². The molecule has 0 aromatic carbocycles. The molecule has 88 valence electrons. The number of hydrogen-bond acceptors (Lipinski definition) is 2. The summed E-state index contributed by atoms with van der Waals surface area (Å²) in [5, 5.41) is 3.39. The Hall–Kier alpha value is -0.370. The summed E-state index contributed by atoms with van der Waals surface area (Å²) in [6.45, 7) is 8.44. The summed E-state index contributed by atoms with van der Waals surface area (Å²) in [6, 6.07) is 0. The Labute approximate surface area is 93.8 Å². The summed E-state index contributed by atoms with van der Waals surface area (Å²) < 4.78 is 0. The SMILES string of the molecule is CCCC1(C(=O)CC(C)C)CCCNC1. The van der Waals surface area contributed by atoms with E-state index in [1.54, 1.807) is 0 Å². The summed E-state index contributed by atoms with van der Waals surface area (Å²) in [4.78, 5) is 12.3. The van der Waals surface area contributed by atoms with Crippen LogP contribution < -0.4 is 5.32 Å². The van der Waals surface area contributed by atoms with E-state index < -0.39 is 0 Å². The minimum atomic E-state index is -0.0305. The van der Waals surface area contributed by atoms with Gasteiger partial charge >= 0.3 is 0 Å². The van der Waals surface area contributed by atoms with E-state index >= 15 is 0 Å². The van der Waals surface area contributed by atoms with E-state index in [4.69, 9.17) is 0 Å². The van der Waals surface area contributed by atoms with Gasteiger partial charge in [-0.25, -0.2) is 0 Å². The second-order valence-corrected chi connectivity index (χ2v) is 5.33. The highest BCUT2D eigenvalue weighted by Crippen LogP contribution is 2.34. The number of ketones is 1. The Morgan fingerprint density at radius 2 is 2.20 bits per heavy atom. The third-order valence-corrected chi connectivity index (χ3v) is 3.39. The van der Waals surface area contributed by atoms with Crippen LogP contribution in [0.15, 0.2) is 0 Å². The molecule has 0 saturated carbocycles. The molecule has 2 heteroatoms. The van der Waals surface area contributed by atoms with E-state index in [2.05, 4.69) is 26.1 Å². The summed E-state index contributed by atoms with van der Waals surface area (Å²) in [5.74, 6) is 0.986. The highest BCUT2D eigenvalue weighted by atomic mass is 16.1. The van der Waals surface area contributed by atoms with Crippen molar-refractivity contribution < 1.29 is 4.79 Å². The van der Waals surface area contributed by atoms with Crippen molar-refractivity contribution in [2.24, 2.45) is 11.3 Å². The maximum atomic E-state index is 12.3. The van der Waals surface area contributed by atoms with Gasteiger partial charge in [0.05, 0.1) is 0 Å². The molecule has 1 fully saturated rings. The molecule has 1 atom stereocenters. The quantitative estimate of drug-likeness (QED) is 0.757. The second-order valence-electron chi connectivity index (χ2n) is 5.33. The lowest BCUT2D eigenvalue weighted by Crippen LogP contribution is -2.45. The van der Waals surface area contributed by atoms with Gasteiger partial charge in [-0.3, -0.25) is 4.79 Å². The topological polar surface area (TPSA) is 29.1 Å². The zero-order chi connectivity index (χ0) is 11.3. The Bertz CT molecular complexity index is 199. The first-order valence-electron chi connectivity index (χ1n) is 6.35. The minimum Gasteiger partial charge on any atom is -0.316 e. The molecule has 0 aromatic heterocycles. The maximum Gasteiger partial charge on any atom is 0.140 e. The van der Waals surface area contributed by atoms with Gasteiger partial charge in [-0.05, 0) is 31.7 Å². The van der Waals surface area contributed by atoms with Crippen molar-refractivity contribution in [2.45, 2.75) is 52.9 Å².